The van der Waals surface area contributed by atoms with Crippen LogP contribution in [0.4, 0.5) is 11.4 Å². The van der Waals surface area contributed by atoms with Crippen LogP contribution in [0, 0.1) is 23.7 Å². The number of nitrogens with one attached hydrogen (secondary N) is 2. The summed E-state index contributed by atoms with van der Waals surface area (Å²) in [6.45, 7) is 6.40. The molecule has 5 rings (SSSR count). The quantitative estimate of drug-likeness (QED) is 0.435. The first-order chi connectivity index (χ1) is 15.4. The van der Waals surface area contributed by atoms with Gasteiger partial charge in [-0.3, -0.25) is 4.79 Å². The highest BCUT2D eigenvalue weighted by atomic mass is 16.1. The van der Waals surface area contributed by atoms with Crippen molar-refractivity contribution in [3.8, 4) is 0 Å². The summed E-state index contributed by atoms with van der Waals surface area (Å²) in [6.07, 6.45) is 8.91. The fourth-order valence-electron chi connectivity index (χ4n) is 4.83. The van der Waals surface area contributed by atoms with Crippen molar-refractivity contribution in [1.29, 1.82) is 5.41 Å². The van der Waals surface area contributed by atoms with Crippen LogP contribution < -0.4 is 10.2 Å². The average Bonchev–Trinajstić information content (AvgIpc) is 3.47. The Bertz CT molecular complexity index is 1210. The maximum atomic E-state index is 13.1. The van der Waals surface area contributed by atoms with E-state index < -0.39 is 0 Å². The number of carbonyl (C=O) groups excluding carboxylic acids is 1. The second-order valence-electron chi connectivity index (χ2n) is 9.53. The predicted molar refractivity (Wildman–Crippen MR) is 129 cm³/mol. The highest BCUT2D eigenvalue weighted by molar-refractivity contribution is 6.63. The molecule has 162 valence electrons. The predicted octanol–water partition coefficient (Wildman–Crippen LogP) is 4.41. The SMILES string of the molecule is [B]C(=N)c1ccc(C)c(NC(=O)c2cnn3ccc(N4CC(CC)(CC5CC5)C4)cc23)c1. The van der Waals surface area contributed by atoms with E-state index in [9.17, 15) is 4.79 Å². The molecular weight excluding hydrogens is 397 g/mol. The van der Waals surface area contributed by atoms with Crippen molar-refractivity contribution in [2.45, 2.75) is 39.5 Å². The van der Waals surface area contributed by atoms with Crippen molar-refractivity contribution in [3.05, 3.63) is 59.4 Å². The molecule has 3 heterocycles. The molecule has 3 aromatic rings. The minimum atomic E-state index is -0.221. The molecule has 2 radical (unpaired) electrons. The molecule has 32 heavy (non-hydrogen) atoms. The van der Waals surface area contributed by atoms with Gasteiger partial charge in [-0.25, -0.2) is 4.52 Å². The van der Waals surface area contributed by atoms with Crippen LogP contribution in [0.25, 0.3) is 5.52 Å². The maximum Gasteiger partial charge on any atom is 0.259 e. The standard InChI is InChI=1S/C25H28BN5O/c1-3-25(12-17-5-6-17)14-30(15-25)19-8-9-31-22(11-19)20(13-28-31)24(32)29-21-10-18(23(26)27)7-4-16(21)2/h4,7-11,13,17,27H,3,5-6,12,14-15H2,1-2H3,(H,29,32). The van der Waals surface area contributed by atoms with Crippen molar-refractivity contribution < 1.29 is 4.79 Å². The van der Waals surface area contributed by atoms with E-state index in [2.05, 4.69) is 34.4 Å². The van der Waals surface area contributed by atoms with Crippen molar-refractivity contribution in [2.24, 2.45) is 11.3 Å². The van der Waals surface area contributed by atoms with Gasteiger partial charge in [-0.1, -0.05) is 31.9 Å². The topological polar surface area (TPSA) is 73.5 Å². The summed E-state index contributed by atoms with van der Waals surface area (Å²) in [7, 11) is 5.61. The maximum absolute atomic E-state index is 13.1. The van der Waals surface area contributed by atoms with E-state index in [1.165, 1.54) is 25.7 Å². The molecule has 2 fully saturated rings. The van der Waals surface area contributed by atoms with Gasteiger partial charge < -0.3 is 15.6 Å². The Morgan fingerprint density at radius 1 is 1.28 bits per heavy atom. The van der Waals surface area contributed by atoms with Gasteiger partial charge in [-0.15, -0.1) is 0 Å². The first kappa shape index (κ1) is 20.8. The highest BCUT2D eigenvalue weighted by Gasteiger charge is 2.44. The molecule has 0 bridgehead atoms. The van der Waals surface area contributed by atoms with Crippen LogP contribution >= 0.6 is 0 Å². The molecule has 0 unspecified atom stereocenters. The number of hydrogen-bond donors (Lipinski definition) is 2. The van der Waals surface area contributed by atoms with Gasteiger partial charge in [0.15, 0.2) is 0 Å². The van der Waals surface area contributed by atoms with Gasteiger partial charge in [-0.2, -0.15) is 5.10 Å². The van der Waals surface area contributed by atoms with Crippen molar-refractivity contribution in [3.63, 3.8) is 0 Å². The summed E-state index contributed by atoms with van der Waals surface area (Å²) < 4.78 is 1.74. The number of amides is 1. The fraction of sp³-hybridized carbons (Fsp3) is 0.400. The molecule has 0 atom stereocenters. The first-order valence-corrected chi connectivity index (χ1v) is 11.4. The van der Waals surface area contributed by atoms with E-state index >= 15 is 0 Å². The molecule has 1 amide bonds. The summed E-state index contributed by atoms with van der Waals surface area (Å²) in [5, 5.41) is 15.0. The van der Waals surface area contributed by atoms with Crippen molar-refractivity contribution >= 4 is 36.3 Å². The van der Waals surface area contributed by atoms with Crippen LogP contribution in [0.5, 0.6) is 0 Å². The zero-order chi connectivity index (χ0) is 22.5. The molecule has 2 N–H and O–H groups in total. The molecule has 1 aromatic carbocycles. The Labute approximate surface area is 189 Å². The van der Waals surface area contributed by atoms with E-state index in [1.807, 2.05) is 19.2 Å². The molecule has 1 aliphatic heterocycles. The Kier molecular flexibility index (Phi) is 5.07. The molecule has 1 saturated heterocycles. The second-order valence-corrected chi connectivity index (χ2v) is 9.53. The van der Waals surface area contributed by atoms with Crippen LogP contribution in [-0.4, -0.2) is 42.1 Å². The number of hydrogen-bond acceptors (Lipinski definition) is 4. The van der Waals surface area contributed by atoms with E-state index in [4.69, 9.17) is 13.3 Å². The van der Waals surface area contributed by atoms with E-state index in [0.29, 0.717) is 22.2 Å². The third-order valence-corrected chi connectivity index (χ3v) is 7.13. The van der Waals surface area contributed by atoms with Crippen LogP contribution in [0.3, 0.4) is 0 Å². The Morgan fingerprint density at radius 3 is 2.75 bits per heavy atom. The number of benzene rings is 1. The summed E-state index contributed by atoms with van der Waals surface area (Å²) in [5.41, 5.74) is 5.02. The number of fused-ring (bicyclic) bond motifs is 1. The summed E-state index contributed by atoms with van der Waals surface area (Å²) in [4.78, 5) is 15.5. The fourth-order valence-corrected chi connectivity index (χ4v) is 4.83. The molecule has 2 aliphatic rings. The zero-order valence-corrected chi connectivity index (χ0v) is 18.7. The van der Waals surface area contributed by atoms with Crippen LogP contribution in [0.2, 0.25) is 0 Å². The van der Waals surface area contributed by atoms with Gasteiger partial charge >= 0.3 is 0 Å². The van der Waals surface area contributed by atoms with Gasteiger partial charge in [0.1, 0.15) is 7.85 Å². The lowest BCUT2D eigenvalue weighted by atomic mass is 9.73. The molecular formula is C25H28BN5O. The third-order valence-electron chi connectivity index (χ3n) is 7.13. The van der Waals surface area contributed by atoms with Gasteiger partial charge in [0.25, 0.3) is 5.91 Å². The largest absolute Gasteiger partial charge is 0.370 e. The second kappa shape index (κ2) is 7.80. The minimum Gasteiger partial charge on any atom is -0.370 e. The Morgan fingerprint density at radius 2 is 2.06 bits per heavy atom. The molecule has 1 aliphatic carbocycles. The minimum absolute atomic E-state index is 0.0273. The van der Waals surface area contributed by atoms with Crippen LogP contribution in [0.15, 0.2) is 42.7 Å². The van der Waals surface area contributed by atoms with Gasteiger partial charge in [0.05, 0.1) is 17.3 Å². The summed E-state index contributed by atoms with van der Waals surface area (Å²) in [5.74, 6) is 0.718. The Balaban J connectivity index is 1.37. The van der Waals surface area contributed by atoms with Gasteiger partial charge in [0.2, 0.25) is 0 Å². The number of nitrogens with zero attached hydrogens (tertiary/aromatic N) is 3. The molecule has 6 nitrogen and oxygen atoms in total. The number of carbonyl (C=O) groups is 1. The number of rotatable bonds is 7. The Hall–Kier alpha value is -3.09. The van der Waals surface area contributed by atoms with E-state index in [1.54, 1.807) is 22.8 Å². The highest BCUT2D eigenvalue weighted by Crippen LogP contribution is 2.48. The van der Waals surface area contributed by atoms with Gasteiger partial charge in [-0.05, 0) is 60.6 Å². The monoisotopic (exact) mass is 425 g/mol. The lowest BCUT2D eigenvalue weighted by Crippen LogP contribution is -2.56. The molecule has 2 aromatic heterocycles. The number of pyridine rings is 1. The summed E-state index contributed by atoms with van der Waals surface area (Å²) >= 11 is 0. The lowest BCUT2D eigenvalue weighted by Gasteiger charge is -2.52. The smallest absolute Gasteiger partial charge is 0.259 e. The van der Waals surface area contributed by atoms with E-state index in [-0.39, 0.29) is 11.5 Å². The molecule has 0 spiro atoms. The number of aryl methyl sites for hydroxylation is 1. The molecule has 7 heteroatoms. The first-order valence-electron chi connectivity index (χ1n) is 11.4. The number of anilines is 2. The third kappa shape index (κ3) is 3.81. The van der Waals surface area contributed by atoms with Crippen molar-refractivity contribution in [1.82, 2.24) is 9.61 Å². The normalized spacial score (nSPS) is 17.2. The van der Waals surface area contributed by atoms with E-state index in [0.717, 1.165) is 35.8 Å². The number of aromatic nitrogens is 2. The zero-order valence-electron chi connectivity index (χ0n) is 18.7. The van der Waals surface area contributed by atoms with Crippen LogP contribution in [0.1, 0.15) is 54.1 Å². The average molecular weight is 425 g/mol. The molecule has 1 saturated carbocycles. The summed E-state index contributed by atoms with van der Waals surface area (Å²) in [6, 6.07) is 9.51. The van der Waals surface area contributed by atoms with Gasteiger partial charge in [0, 0.05) is 36.1 Å². The van der Waals surface area contributed by atoms with Crippen LogP contribution in [-0.2, 0) is 0 Å². The van der Waals surface area contributed by atoms with Crippen molar-refractivity contribution in [2.75, 3.05) is 23.3 Å². The lowest BCUT2D eigenvalue weighted by molar-refractivity contribution is 0.102.